The lowest BCUT2D eigenvalue weighted by molar-refractivity contribution is -0.166. The molecule has 0 aromatic heterocycles. The molecule has 0 aliphatic heterocycles. The van der Waals surface area contributed by atoms with E-state index in [4.69, 9.17) is 14.2 Å². The van der Waals surface area contributed by atoms with Gasteiger partial charge < -0.3 is 14.2 Å². The van der Waals surface area contributed by atoms with Gasteiger partial charge in [0.25, 0.3) is 0 Å². The molecule has 298 valence electrons. The normalized spacial score (nSPS) is 13.0. The fourth-order valence-corrected chi connectivity index (χ4v) is 5.00. The Hall–Kier alpha value is -3.67. The van der Waals surface area contributed by atoms with Crippen LogP contribution in [0.25, 0.3) is 0 Å². The smallest absolute Gasteiger partial charge is 0.309 e. The summed E-state index contributed by atoms with van der Waals surface area (Å²) < 4.78 is 16.5. The van der Waals surface area contributed by atoms with Crippen molar-refractivity contribution in [3.63, 3.8) is 0 Å². The van der Waals surface area contributed by atoms with Crippen molar-refractivity contribution in [3.05, 3.63) is 97.2 Å². The summed E-state index contributed by atoms with van der Waals surface area (Å²) in [6.45, 7) is 6.18. The molecule has 0 rings (SSSR count). The minimum atomic E-state index is -0.829. The van der Waals surface area contributed by atoms with Crippen LogP contribution in [0.4, 0.5) is 0 Å². The standard InChI is InChI=1S/C47H74O6/c1-4-7-10-13-16-19-21-22-23-24-25-26-29-31-34-37-40-46(49)52-43-44(42-51-45(48)39-36-33-30-27-18-15-12-9-6-3)53-47(50)41-38-35-32-28-20-17-14-11-8-5-2/h7,9-10,12,14,16-19,22-23,25-27,33,36,44H,4-6,8,11,13,15,20-21,24,28-32,34-35,37-43H2,1-3H3/b10-7-,12-9-,17-14-,19-16-,23-22-,26-25-,27-18-,36-33-. The molecule has 1 atom stereocenters. The third-order valence-corrected chi connectivity index (χ3v) is 8.09. The van der Waals surface area contributed by atoms with Crippen molar-refractivity contribution < 1.29 is 28.6 Å². The fraction of sp³-hybridized carbons (Fsp3) is 0.596. The maximum atomic E-state index is 12.6. The third kappa shape index (κ3) is 39.4. The lowest BCUT2D eigenvalue weighted by Crippen LogP contribution is -2.30. The maximum Gasteiger partial charge on any atom is 0.309 e. The van der Waals surface area contributed by atoms with Crippen molar-refractivity contribution in [2.45, 2.75) is 168 Å². The largest absolute Gasteiger partial charge is 0.462 e. The highest BCUT2D eigenvalue weighted by atomic mass is 16.6. The Bertz CT molecular complexity index is 1120. The van der Waals surface area contributed by atoms with Gasteiger partial charge in [0.2, 0.25) is 0 Å². The molecule has 0 N–H and O–H groups in total. The molecule has 0 aromatic rings. The van der Waals surface area contributed by atoms with Gasteiger partial charge in [-0.3, -0.25) is 14.4 Å². The van der Waals surface area contributed by atoms with Gasteiger partial charge in [-0.2, -0.15) is 0 Å². The van der Waals surface area contributed by atoms with Crippen molar-refractivity contribution in [2.24, 2.45) is 0 Å². The Balaban J connectivity index is 4.51. The van der Waals surface area contributed by atoms with Crippen LogP contribution in [-0.4, -0.2) is 37.2 Å². The zero-order valence-corrected chi connectivity index (χ0v) is 33.7. The van der Waals surface area contributed by atoms with Crippen LogP contribution in [0, 0.1) is 0 Å². The second kappa shape index (κ2) is 41.1. The number of hydrogen-bond acceptors (Lipinski definition) is 6. The van der Waals surface area contributed by atoms with Crippen molar-refractivity contribution in [2.75, 3.05) is 13.2 Å². The molecule has 6 heteroatoms. The molecular formula is C47H74O6. The number of allylic oxidation sites excluding steroid dienone is 15. The van der Waals surface area contributed by atoms with E-state index in [1.807, 2.05) is 6.08 Å². The molecule has 0 heterocycles. The molecule has 0 spiro atoms. The minimum Gasteiger partial charge on any atom is -0.462 e. The number of rotatable bonds is 35. The zero-order chi connectivity index (χ0) is 38.7. The molecule has 0 fully saturated rings. The predicted octanol–water partition coefficient (Wildman–Crippen LogP) is 13.1. The molecule has 0 radical (unpaired) electrons. The van der Waals surface area contributed by atoms with Crippen LogP contribution in [0.5, 0.6) is 0 Å². The average molecular weight is 735 g/mol. The molecule has 0 amide bonds. The summed E-state index contributed by atoms with van der Waals surface area (Å²) in [6.07, 6.45) is 52.9. The van der Waals surface area contributed by atoms with Crippen LogP contribution < -0.4 is 0 Å². The number of unbranched alkanes of at least 4 members (excludes halogenated alkanes) is 9. The van der Waals surface area contributed by atoms with E-state index < -0.39 is 12.1 Å². The molecule has 6 nitrogen and oxygen atoms in total. The quantitative estimate of drug-likeness (QED) is 0.0279. The maximum absolute atomic E-state index is 12.6. The third-order valence-electron chi connectivity index (χ3n) is 8.09. The molecule has 53 heavy (non-hydrogen) atoms. The van der Waals surface area contributed by atoms with Crippen LogP contribution in [0.2, 0.25) is 0 Å². The first-order valence-corrected chi connectivity index (χ1v) is 20.7. The number of esters is 3. The van der Waals surface area contributed by atoms with Gasteiger partial charge >= 0.3 is 17.9 Å². The summed E-state index contributed by atoms with van der Waals surface area (Å²) in [4.78, 5) is 37.4. The first-order chi connectivity index (χ1) is 26.0. The molecule has 0 saturated heterocycles. The SMILES string of the molecule is CC/C=C\C/C=C\C/C=C\C/C=C\CCCCCC(=O)OCC(COC(=O)C/C=C\C/C=C\C/C=C\CC)OC(=O)CCCCCC/C=C\CCCC. The van der Waals surface area contributed by atoms with Gasteiger partial charge in [-0.25, -0.2) is 0 Å². The molecule has 0 bridgehead atoms. The van der Waals surface area contributed by atoms with Crippen LogP contribution >= 0.6 is 0 Å². The van der Waals surface area contributed by atoms with Gasteiger partial charge in [0.1, 0.15) is 13.2 Å². The van der Waals surface area contributed by atoms with E-state index in [1.165, 1.54) is 12.8 Å². The van der Waals surface area contributed by atoms with E-state index in [9.17, 15) is 14.4 Å². The van der Waals surface area contributed by atoms with E-state index in [1.54, 1.807) is 6.08 Å². The lowest BCUT2D eigenvalue weighted by atomic mass is 10.1. The highest BCUT2D eigenvalue weighted by molar-refractivity contribution is 5.72. The van der Waals surface area contributed by atoms with Crippen molar-refractivity contribution in [1.82, 2.24) is 0 Å². The van der Waals surface area contributed by atoms with Crippen molar-refractivity contribution in [3.8, 4) is 0 Å². The van der Waals surface area contributed by atoms with Crippen LogP contribution in [0.1, 0.15) is 162 Å². The Morgan fingerprint density at radius 1 is 0.415 bits per heavy atom. The van der Waals surface area contributed by atoms with Crippen LogP contribution in [0.15, 0.2) is 97.2 Å². The summed E-state index contributed by atoms with van der Waals surface area (Å²) >= 11 is 0. The number of carbonyl (C=O) groups is 3. The monoisotopic (exact) mass is 735 g/mol. The van der Waals surface area contributed by atoms with Gasteiger partial charge in [0.15, 0.2) is 6.10 Å². The van der Waals surface area contributed by atoms with Crippen LogP contribution in [-0.2, 0) is 28.6 Å². The van der Waals surface area contributed by atoms with Gasteiger partial charge in [-0.15, -0.1) is 0 Å². The Morgan fingerprint density at radius 2 is 0.811 bits per heavy atom. The average Bonchev–Trinajstić information content (AvgIpc) is 3.15. The Kier molecular flexibility index (Phi) is 38.2. The van der Waals surface area contributed by atoms with Gasteiger partial charge in [-0.05, 0) is 89.9 Å². The van der Waals surface area contributed by atoms with Crippen LogP contribution in [0.3, 0.4) is 0 Å². The molecular weight excluding hydrogens is 661 g/mol. The fourth-order valence-electron chi connectivity index (χ4n) is 5.00. The Morgan fingerprint density at radius 3 is 1.34 bits per heavy atom. The van der Waals surface area contributed by atoms with E-state index >= 15 is 0 Å². The topological polar surface area (TPSA) is 78.9 Å². The summed E-state index contributed by atoms with van der Waals surface area (Å²) in [5.74, 6) is -1.11. The highest BCUT2D eigenvalue weighted by Crippen LogP contribution is 2.10. The van der Waals surface area contributed by atoms with E-state index in [0.29, 0.717) is 6.42 Å². The zero-order valence-electron chi connectivity index (χ0n) is 33.7. The second-order valence-electron chi connectivity index (χ2n) is 13.1. The predicted molar refractivity (Wildman–Crippen MR) is 224 cm³/mol. The number of carbonyl (C=O) groups excluding carboxylic acids is 3. The minimum absolute atomic E-state index is 0.124. The number of hydrogen-bond donors (Lipinski definition) is 0. The second-order valence-corrected chi connectivity index (χ2v) is 13.1. The molecule has 0 aliphatic carbocycles. The van der Waals surface area contributed by atoms with E-state index in [0.717, 1.165) is 109 Å². The number of ether oxygens (including phenoxy) is 3. The summed E-state index contributed by atoms with van der Waals surface area (Å²) in [5, 5.41) is 0. The van der Waals surface area contributed by atoms with E-state index in [2.05, 4.69) is 106 Å². The van der Waals surface area contributed by atoms with Gasteiger partial charge in [-0.1, -0.05) is 150 Å². The Labute approximate surface area is 324 Å². The van der Waals surface area contributed by atoms with Crippen molar-refractivity contribution >= 4 is 17.9 Å². The van der Waals surface area contributed by atoms with E-state index in [-0.39, 0.29) is 38.0 Å². The summed E-state index contributed by atoms with van der Waals surface area (Å²) in [5.41, 5.74) is 0. The molecule has 0 aromatic carbocycles. The highest BCUT2D eigenvalue weighted by Gasteiger charge is 2.19. The molecule has 1 unspecified atom stereocenters. The van der Waals surface area contributed by atoms with Gasteiger partial charge in [0, 0.05) is 12.8 Å². The first-order valence-electron chi connectivity index (χ1n) is 20.7. The summed E-state index contributed by atoms with van der Waals surface area (Å²) in [7, 11) is 0. The molecule has 0 saturated carbocycles. The van der Waals surface area contributed by atoms with Gasteiger partial charge in [0.05, 0.1) is 6.42 Å². The molecule has 0 aliphatic rings. The first kappa shape index (κ1) is 49.3. The van der Waals surface area contributed by atoms with Crippen molar-refractivity contribution in [1.29, 1.82) is 0 Å². The lowest BCUT2D eigenvalue weighted by Gasteiger charge is -2.18. The summed E-state index contributed by atoms with van der Waals surface area (Å²) in [6, 6.07) is 0.